The number of rotatable bonds is 5. The van der Waals surface area contributed by atoms with Gasteiger partial charge in [0.1, 0.15) is 0 Å². The first-order valence-corrected chi connectivity index (χ1v) is 7.91. The third-order valence-electron chi connectivity index (χ3n) is 3.89. The van der Waals surface area contributed by atoms with Crippen LogP contribution in [-0.4, -0.2) is 32.7 Å². The maximum atomic E-state index is 6.13. The van der Waals surface area contributed by atoms with Crippen molar-refractivity contribution in [2.45, 2.75) is 44.7 Å². The Morgan fingerprint density at radius 1 is 1.40 bits per heavy atom. The van der Waals surface area contributed by atoms with Crippen LogP contribution in [0.4, 0.5) is 11.4 Å². The molecule has 112 valence electrons. The van der Waals surface area contributed by atoms with E-state index in [0.717, 1.165) is 23.7 Å². The minimum Gasteiger partial charge on any atom is -0.381 e. The van der Waals surface area contributed by atoms with Crippen LogP contribution in [0.1, 0.15) is 32.6 Å². The minimum atomic E-state index is 0.433. The standard InChI is InChI=1S/C16H26ClN3/c1-12(10-14-6-4-5-9-18-14)19-15-11-13(17)7-8-16(15)20(2)3/h7-8,11-12,14,18-19H,4-6,9-10H2,1-3H3. The van der Waals surface area contributed by atoms with Crippen molar-refractivity contribution >= 4 is 23.0 Å². The van der Waals surface area contributed by atoms with Gasteiger partial charge in [0.2, 0.25) is 0 Å². The lowest BCUT2D eigenvalue weighted by atomic mass is 9.98. The van der Waals surface area contributed by atoms with E-state index in [9.17, 15) is 0 Å². The molecule has 0 aliphatic carbocycles. The normalized spacial score (nSPS) is 20.5. The van der Waals surface area contributed by atoms with Crippen molar-refractivity contribution in [1.82, 2.24) is 5.32 Å². The second-order valence-corrected chi connectivity index (χ2v) is 6.42. The van der Waals surface area contributed by atoms with Crippen LogP contribution in [-0.2, 0) is 0 Å². The Hall–Kier alpha value is -0.930. The molecule has 2 atom stereocenters. The largest absolute Gasteiger partial charge is 0.381 e. The van der Waals surface area contributed by atoms with Gasteiger partial charge in [-0.25, -0.2) is 0 Å². The average molecular weight is 296 g/mol. The molecule has 2 rings (SSSR count). The summed E-state index contributed by atoms with van der Waals surface area (Å²) in [6, 6.07) is 7.10. The SMILES string of the molecule is CC(CC1CCCCN1)Nc1cc(Cl)ccc1N(C)C. The van der Waals surface area contributed by atoms with Crippen molar-refractivity contribution in [3.8, 4) is 0 Å². The van der Waals surface area contributed by atoms with E-state index in [1.165, 1.54) is 24.9 Å². The van der Waals surface area contributed by atoms with Gasteiger partial charge in [0, 0.05) is 31.2 Å². The smallest absolute Gasteiger partial charge is 0.0597 e. The molecule has 0 spiro atoms. The maximum Gasteiger partial charge on any atom is 0.0597 e. The van der Waals surface area contributed by atoms with Gasteiger partial charge in [-0.05, 0) is 50.9 Å². The third kappa shape index (κ3) is 4.29. The predicted molar refractivity (Wildman–Crippen MR) is 89.1 cm³/mol. The summed E-state index contributed by atoms with van der Waals surface area (Å²) in [6.45, 7) is 3.41. The highest BCUT2D eigenvalue weighted by Gasteiger charge is 2.16. The van der Waals surface area contributed by atoms with Crippen molar-refractivity contribution < 1.29 is 0 Å². The topological polar surface area (TPSA) is 27.3 Å². The van der Waals surface area contributed by atoms with E-state index in [4.69, 9.17) is 11.6 Å². The highest BCUT2D eigenvalue weighted by atomic mass is 35.5. The molecule has 1 saturated heterocycles. The van der Waals surface area contributed by atoms with Gasteiger partial charge in [0.05, 0.1) is 11.4 Å². The quantitative estimate of drug-likeness (QED) is 0.866. The molecule has 1 aliphatic heterocycles. The zero-order valence-electron chi connectivity index (χ0n) is 12.7. The Morgan fingerprint density at radius 3 is 2.85 bits per heavy atom. The van der Waals surface area contributed by atoms with Gasteiger partial charge in [0.15, 0.2) is 0 Å². The molecule has 0 aromatic heterocycles. The zero-order chi connectivity index (χ0) is 14.5. The molecule has 1 heterocycles. The lowest BCUT2D eigenvalue weighted by Gasteiger charge is -2.28. The van der Waals surface area contributed by atoms with Gasteiger partial charge in [0.25, 0.3) is 0 Å². The monoisotopic (exact) mass is 295 g/mol. The molecule has 2 N–H and O–H groups in total. The minimum absolute atomic E-state index is 0.433. The lowest BCUT2D eigenvalue weighted by molar-refractivity contribution is 0.371. The molecule has 1 aliphatic rings. The number of nitrogens with zero attached hydrogens (tertiary/aromatic N) is 1. The molecule has 0 saturated carbocycles. The summed E-state index contributed by atoms with van der Waals surface area (Å²) in [4.78, 5) is 2.12. The van der Waals surface area contributed by atoms with Gasteiger partial charge < -0.3 is 15.5 Å². The van der Waals surface area contributed by atoms with Crippen LogP contribution < -0.4 is 15.5 Å². The van der Waals surface area contributed by atoms with E-state index in [2.05, 4.69) is 42.6 Å². The lowest BCUT2D eigenvalue weighted by Crippen LogP contribution is -2.37. The van der Waals surface area contributed by atoms with Crippen LogP contribution >= 0.6 is 11.6 Å². The van der Waals surface area contributed by atoms with Crippen LogP contribution in [0, 0.1) is 0 Å². The van der Waals surface area contributed by atoms with Gasteiger partial charge in [-0.15, -0.1) is 0 Å². The summed E-state index contributed by atoms with van der Waals surface area (Å²) in [5.41, 5.74) is 2.30. The van der Waals surface area contributed by atoms with Crippen molar-refractivity contribution in [1.29, 1.82) is 0 Å². The van der Waals surface area contributed by atoms with E-state index in [0.29, 0.717) is 12.1 Å². The third-order valence-corrected chi connectivity index (χ3v) is 4.13. The molecule has 1 fully saturated rings. The molecule has 0 amide bonds. The number of hydrogen-bond acceptors (Lipinski definition) is 3. The summed E-state index contributed by atoms with van der Waals surface area (Å²) < 4.78 is 0. The van der Waals surface area contributed by atoms with Crippen molar-refractivity contribution in [3.05, 3.63) is 23.2 Å². The Morgan fingerprint density at radius 2 is 2.20 bits per heavy atom. The number of hydrogen-bond donors (Lipinski definition) is 2. The summed E-state index contributed by atoms with van der Waals surface area (Å²) in [6.07, 6.45) is 5.11. The van der Waals surface area contributed by atoms with Crippen LogP contribution in [0.3, 0.4) is 0 Å². The number of nitrogens with one attached hydrogen (secondary N) is 2. The van der Waals surface area contributed by atoms with Gasteiger partial charge >= 0.3 is 0 Å². The van der Waals surface area contributed by atoms with Crippen LogP contribution in [0.5, 0.6) is 0 Å². The van der Waals surface area contributed by atoms with Gasteiger partial charge in [-0.2, -0.15) is 0 Å². The maximum absolute atomic E-state index is 6.13. The van der Waals surface area contributed by atoms with Gasteiger partial charge in [-0.3, -0.25) is 0 Å². The van der Waals surface area contributed by atoms with Crippen LogP contribution in [0.2, 0.25) is 5.02 Å². The molecule has 1 aromatic rings. The van der Waals surface area contributed by atoms with Crippen molar-refractivity contribution in [3.63, 3.8) is 0 Å². The molecular formula is C16H26ClN3. The zero-order valence-corrected chi connectivity index (χ0v) is 13.5. The number of benzene rings is 1. The summed E-state index contributed by atoms with van der Waals surface area (Å²) in [7, 11) is 4.11. The van der Waals surface area contributed by atoms with Crippen LogP contribution in [0.25, 0.3) is 0 Å². The first-order chi connectivity index (χ1) is 9.56. The molecule has 4 heteroatoms. The molecule has 20 heavy (non-hydrogen) atoms. The number of piperidine rings is 1. The molecule has 0 radical (unpaired) electrons. The Labute approximate surface area is 127 Å². The fourth-order valence-electron chi connectivity index (χ4n) is 2.89. The molecule has 2 unspecified atom stereocenters. The Balaban J connectivity index is 1.99. The van der Waals surface area contributed by atoms with E-state index in [1.807, 2.05) is 12.1 Å². The predicted octanol–water partition coefficient (Wildman–Crippen LogP) is 3.74. The first kappa shape index (κ1) is 15.5. The molecule has 1 aromatic carbocycles. The molecule has 0 bridgehead atoms. The van der Waals surface area contributed by atoms with E-state index < -0.39 is 0 Å². The summed E-state index contributed by atoms with van der Waals surface area (Å²) in [5, 5.41) is 8.00. The summed E-state index contributed by atoms with van der Waals surface area (Å²) >= 11 is 6.13. The van der Waals surface area contributed by atoms with Gasteiger partial charge in [-0.1, -0.05) is 18.0 Å². The summed E-state index contributed by atoms with van der Waals surface area (Å²) in [5.74, 6) is 0. The second kappa shape index (κ2) is 7.19. The highest BCUT2D eigenvalue weighted by molar-refractivity contribution is 6.31. The molecular weight excluding hydrogens is 270 g/mol. The second-order valence-electron chi connectivity index (χ2n) is 5.98. The number of anilines is 2. The Bertz CT molecular complexity index is 428. The fourth-order valence-corrected chi connectivity index (χ4v) is 3.06. The number of halogens is 1. The van der Waals surface area contributed by atoms with Crippen molar-refractivity contribution in [2.24, 2.45) is 0 Å². The van der Waals surface area contributed by atoms with E-state index in [1.54, 1.807) is 0 Å². The van der Waals surface area contributed by atoms with Crippen LogP contribution in [0.15, 0.2) is 18.2 Å². The molecule has 3 nitrogen and oxygen atoms in total. The average Bonchev–Trinajstić information content (AvgIpc) is 2.39. The fraction of sp³-hybridized carbons (Fsp3) is 0.625. The highest BCUT2D eigenvalue weighted by Crippen LogP contribution is 2.29. The van der Waals surface area contributed by atoms with Crippen molar-refractivity contribution in [2.75, 3.05) is 30.9 Å². The van der Waals surface area contributed by atoms with E-state index >= 15 is 0 Å². The van der Waals surface area contributed by atoms with E-state index in [-0.39, 0.29) is 0 Å². The Kier molecular flexibility index (Phi) is 5.55. The first-order valence-electron chi connectivity index (χ1n) is 7.53.